The van der Waals surface area contributed by atoms with Crippen molar-refractivity contribution < 1.29 is 9.59 Å². The number of carbonyl (C=O) groups excluding carboxylic acids is 2. The van der Waals surface area contributed by atoms with Crippen molar-refractivity contribution in [2.24, 2.45) is 0 Å². The Morgan fingerprint density at radius 1 is 1.26 bits per heavy atom. The van der Waals surface area contributed by atoms with E-state index in [1.807, 2.05) is 4.90 Å². The van der Waals surface area contributed by atoms with E-state index in [0.29, 0.717) is 18.0 Å². The van der Waals surface area contributed by atoms with Gasteiger partial charge in [0, 0.05) is 45.2 Å². The molecule has 7 heteroatoms. The predicted molar refractivity (Wildman–Crippen MR) is 84.1 cm³/mol. The summed E-state index contributed by atoms with van der Waals surface area (Å²) in [6, 6.07) is 0. The second kappa shape index (κ2) is 5.33. The first kappa shape index (κ1) is 14.2. The van der Waals surface area contributed by atoms with Crippen LogP contribution in [0.1, 0.15) is 41.9 Å². The van der Waals surface area contributed by atoms with Gasteiger partial charge in [-0.25, -0.2) is 4.98 Å². The van der Waals surface area contributed by atoms with Gasteiger partial charge < -0.3 is 14.8 Å². The zero-order valence-electron chi connectivity index (χ0n) is 13.1. The largest absolute Gasteiger partial charge is 0.350 e. The monoisotopic (exact) mass is 313 g/mol. The summed E-state index contributed by atoms with van der Waals surface area (Å²) in [6.45, 7) is 4.48. The number of piperidine rings is 1. The molecule has 0 unspecified atom stereocenters. The Morgan fingerprint density at radius 2 is 2.04 bits per heavy atom. The Labute approximate surface area is 133 Å². The predicted octanol–water partition coefficient (Wildman–Crippen LogP) is 0.901. The van der Waals surface area contributed by atoms with Crippen molar-refractivity contribution in [3.8, 4) is 0 Å². The van der Waals surface area contributed by atoms with Gasteiger partial charge in [-0.2, -0.15) is 0 Å². The Balaban J connectivity index is 1.74. The number of imidazole rings is 1. The minimum Gasteiger partial charge on any atom is -0.350 e. The molecule has 2 amide bonds. The number of hydrogen-bond acceptors (Lipinski definition) is 4. The van der Waals surface area contributed by atoms with Crippen molar-refractivity contribution >= 4 is 22.8 Å². The summed E-state index contributed by atoms with van der Waals surface area (Å²) in [4.78, 5) is 34.5. The van der Waals surface area contributed by atoms with Crippen LogP contribution >= 0.6 is 0 Å². The van der Waals surface area contributed by atoms with Crippen molar-refractivity contribution in [3.63, 3.8) is 0 Å². The molecular formula is C16H19N5O2. The minimum atomic E-state index is -0.0836. The highest BCUT2D eigenvalue weighted by Crippen LogP contribution is 2.31. The lowest BCUT2D eigenvalue weighted by Crippen LogP contribution is -2.37. The molecule has 1 fully saturated rings. The second-order valence-electron chi connectivity index (χ2n) is 6.21. The van der Waals surface area contributed by atoms with Crippen molar-refractivity contribution in [2.45, 2.75) is 32.2 Å². The highest BCUT2D eigenvalue weighted by atomic mass is 16.2. The molecule has 4 rings (SSSR count). The number of nitrogens with zero attached hydrogens (tertiary/aromatic N) is 4. The number of nitrogens with one attached hydrogen (secondary N) is 1. The third-order valence-electron chi connectivity index (χ3n) is 4.85. The van der Waals surface area contributed by atoms with E-state index in [2.05, 4.69) is 14.9 Å². The molecule has 2 aliphatic rings. The third kappa shape index (κ3) is 2.27. The molecule has 23 heavy (non-hydrogen) atoms. The van der Waals surface area contributed by atoms with E-state index >= 15 is 0 Å². The molecule has 0 saturated carbocycles. The molecule has 0 radical (unpaired) electrons. The standard InChI is InChI=1S/C16H19N5O2/c1-10(22)20-5-2-11(3-6-20)15-19-13-9-17-8-12-14(13)21(15)7-4-18-16(12)23/h8-9,11H,2-7H2,1H3,(H,18,23). The van der Waals surface area contributed by atoms with Crippen LogP contribution in [0.5, 0.6) is 0 Å². The van der Waals surface area contributed by atoms with Gasteiger partial charge in [0.1, 0.15) is 11.3 Å². The van der Waals surface area contributed by atoms with E-state index in [1.165, 1.54) is 0 Å². The maximum atomic E-state index is 12.2. The number of rotatable bonds is 1. The second-order valence-corrected chi connectivity index (χ2v) is 6.21. The molecule has 4 heterocycles. The van der Waals surface area contributed by atoms with E-state index in [9.17, 15) is 9.59 Å². The smallest absolute Gasteiger partial charge is 0.255 e. The van der Waals surface area contributed by atoms with Crippen LogP contribution in [0.4, 0.5) is 0 Å². The molecule has 7 nitrogen and oxygen atoms in total. The average molecular weight is 313 g/mol. The van der Waals surface area contributed by atoms with Gasteiger partial charge in [-0.3, -0.25) is 14.6 Å². The molecular weight excluding hydrogens is 294 g/mol. The van der Waals surface area contributed by atoms with Gasteiger partial charge in [0.2, 0.25) is 5.91 Å². The highest BCUT2D eigenvalue weighted by molar-refractivity contribution is 6.05. The van der Waals surface area contributed by atoms with Crippen LogP contribution in [0.2, 0.25) is 0 Å². The first-order valence-corrected chi connectivity index (χ1v) is 8.03. The van der Waals surface area contributed by atoms with Crippen molar-refractivity contribution in [1.82, 2.24) is 24.8 Å². The Bertz CT molecular complexity index is 789. The van der Waals surface area contributed by atoms with Gasteiger partial charge in [0.05, 0.1) is 17.3 Å². The number of hydrogen-bond donors (Lipinski definition) is 1. The van der Waals surface area contributed by atoms with Crippen LogP contribution in [-0.4, -0.2) is 50.9 Å². The average Bonchev–Trinajstić information content (AvgIpc) is 2.84. The number of likely N-dealkylation sites (tertiary alicyclic amines) is 1. The topological polar surface area (TPSA) is 80.1 Å². The maximum absolute atomic E-state index is 12.2. The van der Waals surface area contributed by atoms with E-state index in [4.69, 9.17) is 4.98 Å². The van der Waals surface area contributed by atoms with E-state index in [0.717, 1.165) is 49.3 Å². The van der Waals surface area contributed by atoms with E-state index in [-0.39, 0.29) is 11.8 Å². The van der Waals surface area contributed by atoms with Crippen molar-refractivity contribution in [3.05, 3.63) is 23.8 Å². The van der Waals surface area contributed by atoms with Gasteiger partial charge in [0.25, 0.3) is 5.91 Å². The summed E-state index contributed by atoms with van der Waals surface area (Å²) < 4.78 is 2.17. The molecule has 0 aliphatic carbocycles. The normalized spacial score (nSPS) is 18.8. The zero-order valence-corrected chi connectivity index (χ0v) is 13.1. The molecule has 0 aromatic carbocycles. The fourth-order valence-corrected chi connectivity index (χ4v) is 3.64. The van der Waals surface area contributed by atoms with Crippen molar-refractivity contribution in [2.75, 3.05) is 19.6 Å². The summed E-state index contributed by atoms with van der Waals surface area (Å²) >= 11 is 0. The molecule has 0 bridgehead atoms. The number of carbonyl (C=O) groups is 2. The maximum Gasteiger partial charge on any atom is 0.255 e. The van der Waals surface area contributed by atoms with E-state index in [1.54, 1.807) is 19.3 Å². The lowest BCUT2D eigenvalue weighted by Gasteiger charge is -2.31. The van der Waals surface area contributed by atoms with Crippen LogP contribution in [0.3, 0.4) is 0 Å². The van der Waals surface area contributed by atoms with Crippen molar-refractivity contribution in [1.29, 1.82) is 0 Å². The molecule has 1 N–H and O–H groups in total. The first-order chi connectivity index (χ1) is 11.1. The summed E-state index contributed by atoms with van der Waals surface area (Å²) in [5.41, 5.74) is 2.27. The quantitative estimate of drug-likeness (QED) is 0.848. The van der Waals surface area contributed by atoms with E-state index < -0.39 is 0 Å². The van der Waals surface area contributed by atoms with Crippen LogP contribution < -0.4 is 5.32 Å². The molecule has 2 aromatic heterocycles. The van der Waals surface area contributed by atoms with Gasteiger partial charge in [-0.15, -0.1) is 0 Å². The highest BCUT2D eigenvalue weighted by Gasteiger charge is 2.29. The molecule has 2 aliphatic heterocycles. The summed E-state index contributed by atoms with van der Waals surface area (Å²) in [5, 5.41) is 2.91. The molecule has 2 aromatic rings. The summed E-state index contributed by atoms with van der Waals surface area (Å²) in [7, 11) is 0. The Hall–Kier alpha value is -2.44. The number of aromatic nitrogens is 3. The third-order valence-corrected chi connectivity index (χ3v) is 4.85. The fraction of sp³-hybridized carbons (Fsp3) is 0.500. The SMILES string of the molecule is CC(=O)N1CCC(c2nc3cncc4c3n2CCNC4=O)CC1. The van der Waals surface area contributed by atoms with Crippen LogP contribution in [0.15, 0.2) is 12.4 Å². The van der Waals surface area contributed by atoms with Gasteiger partial charge >= 0.3 is 0 Å². The van der Waals surface area contributed by atoms with Gasteiger partial charge in [0.15, 0.2) is 0 Å². The molecule has 120 valence electrons. The zero-order chi connectivity index (χ0) is 16.0. The lowest BCUT2D eigenvalue weighted by molar-refractivity contribution is -0.129. The van der Waals surface area contributed by atoms with Crippen LogP contribution in [0, 0.1) is 0 Å². The lowest BCUT2D eigenvalue weighted by atomic mass is 9.96. The number of pyridine rings is 1. The number of amides is 2. The Kier molecular flexibility index (Phi) is 3.28. The Morgan fingerprint density at radius 3 is 2.78 bits per heavy atom. The molecule has 0 spiro atoms. The van der Waals surface area contributed by atoms with Crippen LogP contribution in [0.25, 0.3) is 11.0 Å². The summed E-state index contributed by atoms with van der Waals surface area (Å²) in [5.74, 6) is 1.39. The minimum absolute atomic E-state index is 0.0836. The van der Waals surface area contributed by atoms with Gasteiger partial charge in [-0.05, 0) is 12.8 Å². The summed E-state index contributed by atoms with van der Waals surface area (Å²) in [6.07, 6.45) is 5.16. The molecule has 1 saturated heterocycles. The van der Waals surface area contributed by atoms with Crippen LogP contribution in [-0.2, 0) is 11.3 Å². The fourth-order valence-electron chi connectivity index (χ4n) is 3.64. The first-order valence-electron chi connectivity index (χ1n) is 8.03. The molecule has 0 atom stereocenters. The van der Waals surface area contributed by atoms with Gasteiger partial charge in [-0.1, -0.05) is 0 Å².